The molecule has 0 spiro atoms. The van der Waals surface area contributed by atoms with E-state index in [0.29, 0.717) is 11.1 Å². The summed E-state index contributed by atoms with van der Waals surface area (Å²) in [5, 5.41) is 52.0. The van der Waals surface area contributed by atoms with E-state index in [1.54, 1.807) is 36.4 Å². The zero-order chi connectivity index (χ0) is 36.3. The van der Waals surface area contributed by atoms with E-state index in [-0.39, 0.29) is 76.3 Å². The number of carbonyl (C=O) groups is 7. The van der Waals surface area contributed by atoms with Gasteiger partial charge in [0.2, 0.25) is 11.8 Å². The highest BCUT2D eigenvalue weighted by Gasteiger charge is 2.20. The number of nitrogens with zero attached hydrogens (tertiary/aromatic N) is 3. The maximum atomic E-state index is 12.6. The summed E-state index contributed by atoms with van der Waals surface area (Å²) in [6.07, 6.45) is 0.451. The van der Waals surface area contributed by atoms with Crippen molar-refractivity contribution < 1.29 is 59.1 Å². The van der Waals surface area contributed by atoms with Crippen LogP contribution in [0.3, 0.4) is 0 Å². The molecule has 0 atom stereocenters. The molecule has 0 saturated carbocycles. The molecule has 0 aromatic heterocycles. The molecule has 2 aromatic rings. The molecule has 0 bridgehead atoms. The van der Waals surface area contributed by atoms with Crippen molar-refractivity contribution in [2.24, 2.45) is 0 Å². The number of carboxylic acids is 5. The van der Waals surface area contributed by atoms with Gasteiger partial charge in [0.1, 0.15) is 0 Å². The van der Waals surface area contributed by atoms with Crippen LogP contribution in [0.2, 0.25) is 0 Å². The van der Waals surface area contributed by atoms with Crippen LogP contribution in [0, 0.1) is 0 Å². The molecule has 0 saturated heterocycles. The van der Waals surface area contributed by atoms with Crippen molar-refractivity contribution in [3.8, 4) is 0 Å². The van der Waals surface area contributed by atoms with E-state index in [1.807, 2.05) is 0 Å². The lowest BCUT2D eigenvalue weighted by atomic mass is 10.0. The third kappa shape index (κ3) is 15.8. The van der Waals surface area contributed by atoms with Gasteiger partial charge in [-0.05, 0) is 36.1 Å². The number of hydrogen-bond donors (Lipinski definition) is 7. The Kier molecular flexibility index (Phi) is 16.9. The standard InChI is InChI=1S/C32H41N5O12/c38-26(33-11-9-22-5-1-3-7-24(22)31(46)47)17-36(20-29(42)43)15-13-35(19-28(40)41)14-16-37(21-30(44)45)18-27(39)34-12-10-23-6-2-4-8-25(23)32(48)49/h1-8H,9-21H2,(H,33,38)(H,34,39)(H,40,41)(H,42,43)(H,44,45)(H,46,47)(H,48,49). The molecule has 0 unspecified atom stereocenters. The number of nitrogens with one attached hydrogen (secondary N) is 2. The predicted molar refractivity (Wildman–Crippen MR) is 172 cm³/mol. The summed E-state index contributed by atoms with van der Waals surface area (Å²) in [6, 6.07) is 12.6. The average Bonchev–Trinajstić information content (AvgIpc) is 3.01. The number of rotatable bonds is 24. The van der Waals surface area contributed by atoms with E-state index in [4.69, 9.17) is 0 Å². The molecule has 266 valence electrons. The van der Waals surface area contributed by atoms with Gasteiger partial charge in [-0.3, -0.25) is 38.7 Å². The molecule has 0 radical (unpaired) electrons. The molecule has 2 aromatic carbocycles. The summed E-state index contributed by atoms with van der Waals surface area (Å²) in [4.78, 5) is 86.5. The minimum atomic E-state index is -1.22. The topological polar surface area (TPSA) is 254 Å². The Morgan fingerprint density at radius 3 is 1.14 bits per heavy atom. The Bertz CT molecular complexity index is 1380. The summed E-state index contributed by atoms with van der Waals surface area (Å²) in [5.41, 5.74) is 1.23. The van der Waals surface area contributed by atoms with Crippen LogP contribution in [0.1, 0.15) is 31.8 Å². The smallest absolute Gasteiger partial charge is 0.335 e. The van der Waals surface area contributed by atoms with E-state index in [9.17, 15) is 59.1 Å². The fourth-order valence-corrected chi connectivity index (χ4v) is 4.92. The third-order valence-corrected chi connectivity index (χ3v) is 7.20. The van der Waals surface area contributed by atoms with Gasteiger partial charge in [0, 0.05) is 39.3 Å². The monoisotopic (exact) mass is 687 g/mol. The molecule has 7 N–H and O–H groups in total. The first-order valence-electron chi connectivity index (χ1n) is 15.2. The minimum Gasteiger partial charge on any atom is -0.480 e. The van der Waals surface area contributed by atoms with Gasteiger partial charge < -0.3 is 36.2 Å². The number of carboxylic acid groups (broad SMARTS) is 5. The van der Waals surface area contributed by atoms with Crippen LogP contribution in [0.25, 0.3) is 0 Å². The average molecular weight is 688 g/mol. The van der Waals surface area contributed by atoms with Crippen LogP contribution in [-0.2, 0) is 36.8 Å². The number of hydrogen-bond acceptors (Lipinski definition) is 10. The second kappa shape index (κ2) is 20.8. The molecule has 0 aliphatic carbocycles. The molecule has 0 aliphatic heterocycles. The van der Waals surface area contributed by atoms with Crippen LogP contribution in [0.5, 0.6) is 0 Å². The Labute approximate surface area is 281 Å². The lowest BCUT2D eigenvalue weighted by Gasteiger charge is -2.28. The summed E-state index contributed by atoms with van der Waals surface area (Å²) < 4.78 is 0. The molecular formula is C32H41N5O12. The van der Waals surface area contributed by atoms with Gasteiger partial charge in [-0.1, -0.05) is 36.4 Å². The molecule has 17 heteroatoms. The van der Waals surface area contributed by atoms with Gasteiger partial charge in [0.25, 0.3) is 0 Å². The van der Waals surface area contributed by atoms with Crippen molar-refractivity contribution in [3.63, 3.8) is 0 Å². The van der Waals surface area contributed by atoms with Gasteiger partial charge in [-0.2, -0.15) is 0 Å². The lowest BCUT2D eigenvalue weighted by Crippen LogP contribution is -2.47. The van der Waals surface area contributed by atoms with E-state index >= 15 is 0 Å². The number of benzene rings is 2. The summed E-state index contributed by atoms with van der Waals surface area (Å²) in [5.74, 6) is -6.91. The van der Waals surface area contributed by atoms with Crippen molar-refractivity contribution in [3.05, 3.63) is 70.8 Å². The van der Waals surface area contributed by atoms with Crippen molar-refractivity contribution >= 4 is 41.7 Å². The predicted octanol–water partition coefficient (Wildman–Crippen LogP) is -0.740. The fraction of sp³-hybridized carbons (Fsp3) is 0.406. The highest BCUT2D eigenvalue weighted by atomic mass is 16.4. The summed E-state index contributed by atoms with van der Waals surface area (Å²) in [6.45, 7) is -2.10. The molecule has 49 heavy (non-hydrogen) atoms. The van der Waals surface area contributed by atoms with Crippen molar-refractivity contribution in [2.75, 3.05) is 72.0 Å². The second-order valence-electron chi connectivity index (χ2n) is 11.0. The van der Waals surface area contributed by atoms with Crippen molar-refractivity contribution in [1.82, 2.24) is 25.3 Å². The van der Waals surface area contributed by atoms with Gasteiger partial charge >= 0.3 is 29.8 Å². The van der Waals surface area contributed by atoms with E-state index in [1.165, 1.54) is 26.8 Å². The van der Waals surface area contributed by atoms with Gasteiger partial charge in [0.05, 0.1) is 43.9 Å². The Hall–Kier alpha value is -5.39. The number of aliphatic carboxylic acids is 3. The van der Waals surface area contributed by atoms with E-state index < -0.39 is 61.3 Å². The third-order valence-electron chi connectivity index (χ3n) is 7.20. The molecule has 0 aliphatic rings. The molecule has 0 heterocycles. The number of carbonyl (C=O) groups excluding carboxylic acids is 2. The Morgan fingerprint density at radius 1 is 0.469 bits per heavy atom. The van der Waals surface area contributed by atoms with Gasteiger partial charge in [-0.25, -0.2) is 9.59 Å². The van der Waals surface area contributed by atoms with Crippen LogP contribution < -0.4 is 10.6 Å². The normalized spacial score (nSPS) is 11.0. The molecular weight excluding hydrogens is 646 g/mol. The first-order chi connectivity index (χ1) is 23.2. The SMILES string of the molecule is O=C(O)CN(CCN(CC(=O)O)CC(=O)NCCc1ccccc1C(=O)O)CCN(CC(=O)O)CC(=O)NCCc1ccccc1C(=O)O. The zero-order valence-electron chi connectivity index (χ0n) is 26.7. The van der Waals surface area contributed by atoms with Gasteiger partial charge in [0.15, 0.2) is 0 Å². The Balaban J connectivity index is 1.94. The minimum absolute atomic E-state index is 0.00502. The van der Waals surface area contributed by atoms with E-state index in [0.717, 1.165) is 0 Å². The molecule has 0 fully saturated rings. The Morgan fingerprint density at radius 2 is 0.796 bits per heavy atom. The zero-order valence-corrected chi connectivity index (χ0v) is 26.7. The lowest BCUT2D eigenvalue weighted by molar-refractivity contribution is -0.141. The van der Waals surface area contributed by atoms with Gasteiger partial charge in [-0.15, -0.1) is 0 Å². The number of amides is 2. The number of aromatic carboxylic acids is 2. The second-order valence-corrected chi connectivity index (χ2v) is 11.0. The summed E-state index contributed by atoms with van der Waals surface area (Å²) >= 11 is 0. The largest absolute Gasteiger partial charge is 0.480 e. The molecule has 17 nitrogen and oxygen atoms in total. The highest BCUT2D eigenvalue weighted by molar-refractivity contribution is 5.90. The van der Waals surface area contributed by atoms with Crippen molar-refractivity contribution in [1.29, 1.82) is 0 Å². The fourth-order valence-electron chi connectivity index (χ4n) is 4.92. The van der Waals surface area contributed by atoms with E-state index in [2.05, 4.69) is 10.6 Å². The summed E-state index contributed by atoms with van der Waals surface area (Å²) in [7, 11) is 0. The molecule has 2 amide bonds. The first-order valence-corrected chi connectivity index (χ1v) is 15.2. The molecule has 2 rings (SSSR count). The maximum absolute atomic E-state index is 12.6. The van der Waals surface area contributed by atoms with Crippen LogP contribution in [0.4, 0.5) is 0 Å². The van der Waals surface area contributed by atoms with Crippen LogP contribution >= 0.6 is 0 Å². The highest BCUT2D eigenvalue weighted by Crippen LogP contribution is 2.10. The maximum Gasteiger partial charge on any atom is 0.335 e. The quantitative estimate of drug-likeness (QED) is 0.0717. The van der Waals surface area contributed by atoms with Crippen molar-refractivity contribution in [2.45, 2.75) is 12.8 Å². The first kappa shape index (κ1) is 39.8. The van der Waals surface area contributed by atoms with Crippen LogP contribution in [-0.4, -0.2) is 154 Å². The van der Waals surface area contributed by atoms with Crippen LogP contribution in [0.15, 0.2) is 48.5 Å².